The van der Waals surface area contributed by atoms with Crippen LogP contribution in [-0.4, -0.2) is 49.8 Å². The van der Waals surface area contributed by atoms with Crippen molar-refractivity contribution < 1.29 is 20.4 Å². The Balaban J connectivity index is 0.00000542. The van der Waals surface area contributed by atoms with Crippen molar-refractivity contribution in [1.82, 2.24) is 59.8 Å². The normalized spacial score (nSPS) is 11.9. The molecule has 1 aliphatic carbocycles. The molecule has 0 unspecified atom stereocenters. The Morgan fingerprint density at radius 1 is 0.235 bits per heavy atom. The van der Waals surface area contributed by atoms with Gasteiger partial charge in [0.15, 0.2) is 23.3 Å². The summed E-state index contributed by atoms with van der Waals surface area (Å²) in [6.07, 6.45) is 14.1. The molecule has 8 aromatic carbocycles. The molecule has 378 valence electrons. The minimum Gasteiger partial charge on any atom is -0.656 e. The molecule has 0 amide bonds. The molecule has 0 spiro atoms. The van der Waals surface area contributed by atoms with Crippen molar-refractivity contribution in [1.29, 1.82) is 0 Å². The molecular weight excluding hydrogens is 1090 g/mol. The monoisotopic (exact) mass is 1130 g/mol. The SMILES string of the molecule is [Pd+2].c1cnc(-c2c3nc(c(-c4ncccn4)c4[n-]c(c(-c5ncccn5)c5nc(c(-c6ncccn6)c6[n-]c2c2cc7ccccc7cc62)-c2cc6ccccc6cc2-5)c2cc5ccccc5cc42)-c2cc4ccccc4cc2-3)nc1. The van der Waals surface area contributed by atoms with E-state index in [-0.39, 0.29) is 20.4 Å². The zero-order valence-electron chi connectivity index (χ0n) is 42.5. The predicted octanol–water partition coefficient (Wildman–Crippen LogP) is 15.0. The fraction of sp³-hybridized carbons (Fsp3) is 0. The fourth-order valence-electron chi connectivity index (χ4n) is 12.0. The Morgan fingerprint density at radius 3 is 0.642 bits per heavy atom. The third-order valence-electron chi connectivity index (χ3n) is 15.5. The smallest absolute Gasteiger partial charge is 0.656 e. The van der Waals surface area contributed by atoms with E-state index in [1.54, 1.807) is 49.6 Å². The van der Waals surface area contributed by atoms with Crippen LogP contribution in [0.4, 0.5) is 0 Å². The van der Waals surface area contributed by atoms with Crippen LogP contribution in [0.1, 0.15) is 0 Å². The van der Waals surface area contributed by atoms with Gasteiger partial charge in [0.05, 0.1) is 22.8 Å². The first-order chi connectivity index (χ1) is 39.7. The molecule has 8 heterocycles. The van der Waals surface area contributed by atoms with E-state index in [0.717, 1.165) is 86.9 Å². The van der Waals surface area contributed by atoms with Crippen LogP contribution in [0, 0.1) is 0 Å². The van der Waals surface area contributed by atoms with Gasteiger partial charge in [-0.1, -0.05) is 97.1 Å². The summed E-state index contributed by atoms with van der Waals surface area (Å²) in [6.45, 7) is 0. The molecule has 0 saturated heterocycles. The average molecular weight is 1130 g/mol. The molecule has 3 aliphatic rings. The van der Waals surface area contributed by atoms with Crippen molar-refractivity contribution in [3.63, 3.8) is 0 Å². The first kappa shape index (κ1) is 46.5. The van der Waals surface area contributed by atoms with Gasteiger partial charge in [-0.2, -0.15) is 0 Å². The number of hydrogen-bond donors (Lipinski definition) is 0. The van der Waals surface area contributed by atoms with E-state index in [0.29, 0.717) is 90.4 Å². The Morgan fingerprint density at radius 2 is 0.432 bits per heavy atom. The van der Waals surface area contributed by atoms with Crippen LogP contribution >= 0.6 is 0 Å². The Kier molecular flexibility index (Phi) is 10.5. The van der Waals surface area contributed by atoms with E-state index in [1.165, 1.54) is 0 Å². The predicted molar refractivity (Wildman–Crippen MR) is 317 cm³/mol. The van der Waals surface area contributed by atoms with E-state index >= 15 is 0 Å². The quantitative estimate of drug-likeness (QED) is 0.154. The molecular formula is C68H36N12Pd. The van der Waals surface area contributed by atoms with Gasteiger partial charge in [-0.05, 0) is 137 Å². The van der Waals surface area contributed by atoms with Gasteiger partial charge in [0.1, 0.15) is 0 Å². The third-order valence-corrected chi connectivity index (χ3v) is 15.5. The Bertz CT molecular complexity index is 4650. The second-order valence-corrected chi connectivity index (χ2v) is 20.0. The first-order valence-electron chi connectivity index (χ1n) is 26.2. The molecule has 0 saturated carbocycles. The maximum Gasteiger partial charge on any atom is 2.00 e. The van der Waals surface area contributed by atoms with Gasteiger partial charge < -0.3 is 9.97 Å². The van der Waals surface area contributed by atoms with E-state index in [9.17, 15) is 0 Å². The van der Waals surface area contributed by atoms with Crippen LogP contribution in [-0.2, 0) is 20.4 Å². The standard InChI is InChI=1S/C68H36N12.Pd/c1-2-14-38-30-46-45(29-37(38)13-1)57-53(65-69-21-9-22-70-65)59-47-31-39-15-3-4-16-40(39)32-48(47)61(78-59)55(67-73-25-11-26-74-67)63-51-35-43-19-7-8-20-44(43)36-52(51)64(80-63)56(68-75-27-12-28-76-68)62-50-34-42-18-6-5-17-41(42)33-49(50)60(79-62)54(58(46)77-57)66-71-23-10-24-72-66;/h1-36H;/q-2;+2. The molecule has 0 fully saturated rings. The van der Waals surface area contributed by atoms with Crippen molar-refractivity contribution in [3.05, 3.63) is 219 Å². The molecule has 14 aromatic rings. The molecule has 17 rings (SSSR count). The van der Waals surface area contributed by atoms with Crippen molar-refractivity contribution in [2.45, 2.75) is 0 Å². The average Bonchev–Trinajstić information content (AvgIpc) is 3.97. The van der Waals surface area contributed by atoms with Crippen LogP contribution in [0.25, 0.3) is 177 Å². The van der Waals surface area contributed by atoms with Crippen molar-refractivity contribution >= 4 is 86.7 Å². The molecule has 8 bridgehead atoms. The van der Waals surface area contributed by atoms with Crippen LogP contribution in [0.5, 0.6) is 0 Å². The number of nitrogens with zero attached hydrogens (tertiary/aromatic N) is 12. The van der Waals surface area contributed by atoms with Crippen molar-refractivity contribution in [2.24, 2.45) is 0 Å². The second-order valence-electron chi connectivity index (χ2n) is 20.0. The topological polar surface area (TPSA) is 157 Å². The number of fused-ring (bicyclic) bond motifs is 4. The van der Waals surface area contributed by atoms with Gasteiger partial charge in [0.2, 0.25) is 0 Å². The molecule has 13 heteroatoms. The van der Waals surface area contributed by atoms with E-state index in [2.05, 4.69) is 146 Å². The summed E-state index contributed by atoms with van der Waals surface area (Å²) >= 11 is 0. The Labute approximate surface area is 474 Å². The summed E-state index contributed by atoms with van der Waals surface area (Å²) in [5, 5.41) is 11.7. The van der Waals surface area contributed by atoms with Crippen molar-refractivity contribution in [3.8, 4) is 90.6 Å². The van der Waals surface area contributed by atoms with Gasteiger partial charge in [-0.3, -0.25) is 0 Å². The van der Waals surface area contributed by atoms with Crippen molar-refractivity contribution in [2.75, 3.05) is 0 Å². The summed E-state index contributed by atoms with van der Waals surface area (Å²) < 4.78 is 0. The van der Waals surface area contributed by atoms with Crippen LogP contribution in [0.2, 0.25) is 0 Å². The van der Waals surface area contributed by atoms with Gasteiger partial charge in [-0.15, -0.1) is 22.1 Å². The Hall–Kier alpha value is -10.6. The summed E-state index contributed by atoms with van der Waals surface area (Å²) in [4.78, 5) is 64.1. The van der Waals surface area contributed by atoms with E-state index in [1.807, 2.05) is 24.3 Å². The third kappa shape index (κ3) is 7.20. The van der Waals surface area contributed by atoms with E-state index < -0.39 is 0 Å². The van der Waals surface area contributed by atoms with Gasteiger partial charge in [-0.25, -0.2) is 49.8 Å². The zero-order chi connectivity index (χ0) is 52.4. The number of hydrogen-bond acceptors (Lipinski definition) is 10. The van der Waals surface area contributed by atoms with Gasteiger partial charge >= 0.3 is 20.4 Å². The number of rotatable bonds is 4. The van der Waals surface area contributed by atoms with Gasteiger partial charge in [0, 0.05) is 94.1 Å². The zero-order valence-corrected chi connectivity index (χ0v) is 44.0. The molecule has 6 aromatic heterocycles. The van der Waals surface area contributed by atoms with Crippen LogP contribution in [0.15, 0.2) is 219 Å². The van der Waals surface area contributed by atoms with Crippen LogP contribution < -0.4 is 9.97 Å². The number of benzene rings is 8. The molecule has 0 atom stereocenters. The molecule has 0 radical (unpaired) electrons. The molecule has 0 N–H and O–H groups in total. The maximum atomic E-state index is 5.92. The minimum absolute atomic E-state index is 0. The molecule has 2 aliphatic heterocycles. The molecule has 12 nitrogen and oxygen atoms in total. The van der Waals surface area contributed by atoms with E-state index in [4.69, 9.17) is 59.8 Å². The first-order valence-corrected chi connectivity index (χ1v) is 26.2. The number of aromatic nitrogens is 12. The maximum absolute atomic E-state index is 5.92. The molecule has 81 heavy (non-hydrogen) atoms. The summed E-state index contributed by atoms with van der Waals surface area (Å²) in [7, 11) is 0. The summed E-state index contributed by atoms with van der Waals surface area (Å²) in [6, 6.07) is 58.6. The second kappa shape index (κ2) is 18.3. The minimum atomic E-state index is 0. The summed E-state index contributed by atoms with van der Waals surface area (Å²) in [5.41, 5.74) is 11.0. The summed E-state index contributed by atoms with van der Waals surface area (Å²) in [5.74, 6) is 1.78. The fourth-order valence-corrected chi connectivity index (χ4v) is 12.0. The van der Waals surface area contributed by atoms with Gasteiger partial charge in [0.25, 0.3) is 0 Å². The largest absolute Gasteiger partial charge is 2.00 e. The van der Waals surface area contributed by atoms with Crippen LogP contribution in [0.3, 0.4) is 0 Å².